The van der Waals surface area contributed by atoms with Crippen LogP contribution in [0.2, 0.25) is 0 Å². The highest BCUT2D eigenvalue weighted by atomic mass is 79.9. The van der Waals surface area contributed by atoms with Crippen molar-refractivity contribution >= 4 is 27.7 Å². The van der Waals surface area contributed by atoms with Gasteiger partial charge >= 0.3 is 0 Å². The first-order valence-electron chi connectivity index (χ1n) is 4.71. The minimum absolute atomic E-state index is 0.0715. The Balaban J connectivity index is 2.37. The molecule has 1 N–H and O–H groups in total. The number of halogens is 1. The van der Waals surface area contributed by atoms with E-state index in [1.165, 1.54) is 0 Å². The van der Waals surface area contributed by atoms with Gasteiger partial charge in [-0.3, -0.25) is 4.79 Å². The molecule has 0 saturated heterocycles. The molecule has 0 aliphatic carbocycles. The lowest BCUT2D eigenvalue weighted by Gasteiger charge is -2.04. The zero-order valence-corrected chi connectivity index (χ0v) is 10.1. The van der Waals surface area contributed by atoms with Gasteiger partial charge in [-0.2, -0.15) is 0 Å². The quantitative estimate of drug-likeness (QED) is 0.837. The van der Waals surface area contributed by atoms with Crippen LogP contribution < -0.4 is 5.32 Å². The molecule has 1 heterocycles. The number of nitrogens with one attached hydrogen (secondary N) is 1. The van der Waals surface area contributed by atoms with E-state index in [0.717, 1.165) is 10.9 Å². The van der Waals surface area contributed by atoms with Gasteiger partial charge in [-0.05, 0) is 18.6 Å². The van der Waals surface area contributed by atoms with Crippen molar-refractivity contribution in [1.29, 1.82) is 0 Å². The summed E-state index contributed by atoms with van der Waals surface area (Å²) in [5.41, 5.74) is 0. The molecule has 0 unspecified atom stereocenters. The summed E-state index contributed by atoms with van der Waals surface area (Å²) in [4.78, 5) is 15.3. The molecule has 0 atom stereocenters. The van der Waals surface area contributed by atoms with Crippen molar-refractivity contribution in [3.05, 3.63) is 22.8 Å². The molecule has 4 nitrogen and oxygen atoms in total. The van der Waals surface area contributed by atoms with Crippen LogP contribution in [0.1, 0.15) is 13.3 Å². The third-order valence-corrected chi connectivity index (χ3v) is 2.06. The molecule has 0 fully saturated rings. The molecule has 1 amide bonds. The smallest absolute Gasteiger partial charge is 0.251 e. The number of nitrogens with zero attached hydrogens (tertiary/aromatic N) is 1. The van der Waals surface area contributed by atoms with E-state index in [4.69, 9.17) is 4.74 Å². The second-order valence-corrected chi connectivity index (χ2v) is 3.88. The zero-order chi connectivity index (χ0) is 11.1. The number of hydrogen-bond acceptors (Lipinski definition) is 3. The number of rotatable bonds is 5. The van der Waals surface area contributed by atoms with Gasteiger partial charge in [-0.15, -0.1) is 0 Å². The monoisotopic (exact) mass is 272 g/mol. The lowest BCUT2D eigenvalue weighted by atomic mass is 10.4. The van der Waals surface area contributed by atoms with E-state index in [1.807, 2.05) is 6.92 Å². The highest BCUT2D eigenvalue weighted by molar-refractivity contribution is 9.10. The Morgan fingerprint density at radius 1 is 1.67 bits per heavy atom. The van der Waals surface area contributed by atoms with Gasteiger partial charge in [0.15, 0.2) is 0 Å². The molecule has 0 bridgehead atoms. The van der Waals surface area contributed by atoms with Gasteiger partial charge in [-0.25, -0.2) is 4.98 Å². The molecule has 0 aliphatic heterocycles. The van der Waals surface area contributed by atoms with E-state index in [9.17, 15) is 4.79 Å². The Hall–Kier alpha value is -0.940. The highest BCUT2D eigenvalue weighted by Gasteiger charge is 2.02. The third kappa shape index (κ3) is 4.90. The van der Waals surface area contributed by atoms with Crippen molar-refractivity contribution in [3.8, 4) is 0 Å². The van der Waals surface area contributed by atoms with E-state index in [2.05, 4.69) is 26.2 Å². The molecule has 82 valence electrons. The maximum atomic E-state index is 11.3. The number of pyridine rings is 1. The third-order valence-electron chi connectivity index (χ3n) is 1.57. The molecule has 1 aromatic rings. The summed E-state index contributed by atoms with van der Waals surface area (Å²) in [6.07, 6.45) is 2.52. The van der Waals surface area contributed by atoms with Gasteiger partial charge < -0.3 is 10.1 Å². The predicted octanol–water partition coefficient (Wildman–Crippen LogP) is 2.21. The van der Waals surface area contributed by atoms with E-state index in [-0.39, 0.29) is 12.5 Å². The Kier molecular flexibility index (Phi) is 5.28. The van der Waals surface area contributed by atoms with Gasteiger partial charge in [-0.1, -0.05) is 22.9 Å². The minimum atomic E-state index is -0.186. The van der Waals surface area contributed by atoms with Crippen LogP contribution in [0.15, 0.2) is 22.8 Å². The largest absolute Gasteiger partial charge is 0.372 e. The van der Waals surface area contributed by atoms with E-state index in [0.29, 0.717) is 12.4 Å². The van der Waals surface area contributed by atoms with Crippen molar-refractivity contribution in [2.24, 2.45) is 0 Å². The van der Waals surface area contributed by atoms with Crippen LogP contribution >= 0.6 is 15.9 Å². The number of amides is 1. The lowest BCUT2D eigenvalue weighted by molar-refractivity contribution is -0.120. The molecule has 0 radical (unpaired) electrons. The molecule has 0 aromatic carbocycles. The number of carbonyl (C=O) groups is 1. The van der Waals surface area contributed by atoms with Crippen LogP contribution in [0.25, 0.3) is 0 Å². The fraction of sp³-hybridized carbons (Fsp3) is 0.400. The average Bonchev–Trinajstić information content (AvgIpc) is 2.18. The van der Waals surface area contributed by atoms with Gasteiger partial charge in [0.2, 0.25) is 0 Å². The molecule has 5 heteroatoms. The summed E-state index contributed by atoms with van der Waals surface area (Å²) in [6.45, 7) is 2.66. The van der Waals surface area contributed by atoms with Gasteiger partial charge in [0, 0.05) is 17.3 Å². The fourth-order valence-corrected chi connectivity index (χ4v) is 1.30. The van der Waals surface area contributed by atoms with Gasteiger partial charge in [0.05, 0.1) is 0 Å². The number of aromatic nitrogens is 1. The summed E-state index contributed by atoms with van der Waals surface area (Å²) in [5, 5.41) is 2.64. The van der Waals surface area contributed by atoms with Crippen LogP contribution in [0.5, 0.6) is 0 Å². The van der Waals surface area contributed by atoms with Crippen molar-refractivity contribution in [2.45, 2.75) is 13.3 Å². The minimum Gasteiger partial charge on any atom is -0.372 e. The Labute approximate surface area is 97.2 Å². The number of anilines is 1. The van der Waals surface area contributed by atoms with E-state index < -0.39 is 0 Å². The summed E-state index contributed by atoms with van der Waals surface area (Å²) in [6, 6.07) is 3.53. The Bertz CT molecular complexity index is 331. The molecule has 1 rings (SSSR count). The van der Waals surface area contributed by atoms with Gasteiger partial charge in [0.25, 0.3) is 5.91 Å². The molecule has 0 aliphatic rings. The van der Waals surface area contributed by atoms with E-state index >= 15 is 0 Å². The van der Waals surface area contributed by atoms with Crippen molar-refractivity contribution in [2.75, 3.05) is 18.5 Å². The van der Waals surface area contributed by atoms with Gasteiger partial charge in [0.1, 0.15) is 12.4 Å². The Morgan fingerprint density at radius 2 is 2.47 bits per heavy atom. The first kappa shape index (κ1) is 12.1. The lowest BCUT2D eigenvalue weighted by Crippen LogP contribution is -2.19. The van der Waals surface area contributed by atoms with Crippen LogP contribution in [-0.2, 0) is 9.53 Å². The summed E-state index contributed by atoms with van der Waals surface area (Å²) >= 11 is 3.29. The first-order chi connectivity index (χ1) is 7.22. The highest BCUT2D eigenvalue weighted by Crippen LogP contribution is 2.12. The first-order valence-corrected chi connectivity index (χ1v) is 5.51. The van der Waals surface area contributed by atoms with E-state index in [1.54, 1.807) is 18.3 Å². The van der Waals surface area contributed by atoms with Crippen molar-refractivity contribution in [1.82, 2.24) is 4.98 Å². The standard InChI is InChI=1S/C10H13BrN2O2/c1-2-5-15-7-10(14)13-9-6-8(11)3-4-12-9/h3-4,6H,2,5,7H2,1H3,(H,12,13,14). The summed E-state index contributed by atoms with van der Waals surface area (Å²) in [7, 11) is 0. The number of ether oxygens (including phenoxy) is 1. The Morgan fingerprint density at radius 3 is 3.13 bits per heavy atom. The van der Waals surface area contributed by atoms with Crippen LogP contribution in [-0.4, -0.2) is 24.1 Å². The summed E-state index contributed by atoms with van der Waals surface area (Å²) < 4.78 is 5.97. The maximum absolute atomic E-state index is 11.3. The molecule has 0 saturated carbocycles. The zero-order valence-electron chi connectivity index (χ0n) is 8.50. The molecule has 0 spiro atoms. The fourth-order valence-electron chi connectivity index (χ4n) is 0.961. The molecular formula is C10H13BrN2O2. The second-order valence-electron chi connectivity index (χ2n) is 2.96. The van der Waals surface area contributed by atoms with Crippen LogP contribution in [0, 0.1) is 0 Å². The predicted molar refractivity (Wildman–Crippen MR) is 61.7 cm³/mol. The maximum Gasteiger partial charge on any atom is 0.251 e. The number of hydrogen-bond donors (Lipinski definition) is 1. The number of carbonyl (C=O) groups excluding carboxylic acids is 1. The van der Waals surface area contributed by atoms with Crippen LogP contribution in [0.4, 0.5) is 5.82 Å². The average molecular weight is 273 g/mol. The van der Waals surface area contributed by atoms with Crippen LogP contribution in [0.3, 0.4) is 0 Å². The normalized spacial score (nSPS) is 10.0. The molecular weight excluding hydrogens is 260 g/mol. The topological polar surface area (TPSA) is 51.2 Å². The molecule has 1 aromatic heterocycles. The summed E-state index contributed by atoms with van der Waals surface area (Å²) in [5.74, 6) is 0.337. The second kappa shape index (κ2) is 6.53. The van der Waals surface area contributed by atoms with Crippen molar-refractivity contribution in [3.63, 3.8) is 0 Å². The molecule has 15 heavy (non-hydrogen) atoms. The SMILES string of the molecule is CCCOCC(=O)Nc1cc(Br)ccn1. The van der Waals surface area contributed by atoms with Crippen molar-refractivity contribution < 1.29 is 9.53 Å².